The highest BCUT2D eigenvalue weighted by molar-refractivity contribution is 6.00. The fourth-order valence-corrected chi connectivity index (χ4v) is 2.30. The molecule has 5 heteroatoms. The minimum Gasteiger partial charge on any atom is -0.307 e. The zero-order valence-corrected chi connectivity index (χ0v) is 10.3. The Labute approximate surface area is 105 Å². The fourth-order valence-electron chi connectivity index (χ4n) is 2.30. The average molecular weight is 248 g/mol. The number of carbonyl (C=O) groups is 1. The molecule has 0 saturated carbocycles. The van der Waals surface area contributed by atoms with E-state index in [1.54, 1.807) is 12.1 Å². The van der Waals surface area contributed by atoms with Gasteiger partial charge in [-0.05, 0) is 25.8 Å². The summed E-state index contributed by atoms with van der Waals surface area (Å²) >= 11 is 0. The Balaban J connectivity index is 2.31. The summed E-state index contributed by atoms with van der Waals surface area (Å²) in [6, 6.07) is 4.59. The Morgan fingerprint density at radius 1 is 1.56 bits per heavy atom. The van der Waals surface area contributed by atoms with Crippen LogP contribution in [0.1, 0.15) is 35.7 Å². The number of nitrogens with one attached hydrogen (secondary N) is 1. The Kier molecular flexibility index (Phi) is 3.72. The molecule has 0 bridgehead atoms. The molecule has 1 atom stereocenters. The lowest BCUT2D eigenvalue weighted by atomic mass is 9.99. The maximum Gasteiger partial charge on any atom is 0.273 e. The van der Waals surface area contributed by atoms with Gasteiger partial charge in [-0.2, -0.15) is 0 Å². The molecule has 0 aromatic heterocycles. The monoisotopic (exact) mass is 248 g/mol. The van der Waals surface area contributed by atoms with Gasteiger partial charge in [0.2, 0.25) is 0 Å². The van der Waals surface area contributed by atoms with Crippen LogP contribution in [-0.2, 0) is 6.42 Å². The van der Waals surface area contributed by atoms with Gasteiger partial charge in [-0.15, -0.1) is 0 Å². The van der Waals surface area contributed by atoms with Crippen LogP contribution in [0, 0.1) is 10.1 Å². The van der Waals surface area contributed by atoms with Crippen molar-refractivity contribution in [2.75, 3.05) is 6.54 Å². The van der Waals surface area contributed by atoms with Gasteiger partial charge in [-0.25, -0.2) is 0 Å². The van der Waals surface area contributed by atoms with Gasteiger partial charge in [0.1, 0.15) is 0 Å². The molecule has 1 aliphatic heterocycles. The maximum atomic E-state index is 12.1. The summed E-state index contributed by atoms with van der Waals surface area (Å²) in [5.74, 6) is -0.0433. The van der Waals surface area contributed by atoms with Gasteiger partial charge in [0.25, 0.3) is 5.69 Å². The zero-order chi connectivity index (χ0) is 13.1. The lowest BCUT2D eigenvalue weighted by Crippen LogP contribution is -2.30. The second kappa shape index (κ2) is 5.27. The summed E-state index contributed by atoms with van der Waals surface area (Å²) < 4.78 is 0. The molecule has 0 amide bonds. The molecule has 1 N–H and O–H groups in total. The lowest BCUT2D eigenvalue weighted by molar-refractivity contribution is -0.385. The number of ketones is 1. The second-order valence-electron chi connectivity index (χ2n) is 4.47. The van der Waals surface area contributed by atoms with Crippen LogP contribution in [0.4, 0.5) is 5.69 Å². The Hall–Kier alpha value is -1.75. The number of nitro benzene ring substituents is 1. The smallest absolute Gasteiger partial charge is 0.273 e. The first kappa shape index (κ1) is 12.7. The molecule has 0 aliphatic carbocycles. The minimum atomic E-state index is -0.419. The Bertz CT molecular complexity index is 479. The number of rotatable bonds is 4. The van der Waals surface area contributed by atoms with Crippen LogP contribution >= 0.6 is 0 Å². The van der Waals surface area contributed by atoms with Crippen molar-refractivity contribution in [3.63, 3.8) is 0 Å². The van der Waals surface area contributed by atoms with Crippen molar-refractivity contribution in [1.29, 1.82) is 0 Å². The van der Waals surface area contributed by atoms with E-state index in [2.05, 4.69) is 5.32 Å². The van der Waals surface area contributed by atoms with Gasteiger partial charge in [0, 0.05) is 17.2 Å². The first-order valence-corrected chi connectivity index (χ1v) is 6.18. The topological polar surface area (TPSA) is 72.2 Å². The zero-order valence-electron chi connectivity index (χ0n) is 10.3. The number of carbonyl (C=O) groups excluding carboxylic acids is 1. The normalized spacial score (nSPS) is 18.8. The molecule has 96 valence electrons. The van der Waals surface area contributed by atoms with Crippen LogP contribution in [0.2, 0.25) is 0 Å². The third-order valence-corrected chi connectivity index (χ3v) is 3.32. The molecular formula is C13H16N2O3. The Morgan fingerprint density at radius 2 is 2.33 bits per heavy atom. The van der Waals surface area contributed by atoms with Gasteiger partial charge >= 0.3 is 0 Å². The molecule has 2 rings (SSSR count). The van der Waals surface area contributed by atoms with E-state index < -0.39 is 4.92 Å². The van der Waals surface area contributed by atoms with E-state index in [9.17, 15) is 14.9 Å². The largest absolute Gasteiger partial charge is 0.307 e. The summed E-state index contributed by atoms with van der Waals surface area (Å²) in [5.41, 5.74) is 1.13. The van der Waals surface area contributed by atoms with E-state index in [4.69, 9.17) is 0 Å². The average Bonchev–Trinajstić information content (AvgIpc) is 2.90. The van der Waals surface area contributed by atoms with E-state index >= 15 is 0 Å². The number of hydrogen-bond donors (Lipinski definition) is 1. The lowest BCUT2D eigenvalue weighted by Gasteiger charge is -2.09. The first-order chi connectivity index (χ1) is 8.63. The summed E-state index contributed by atoms with van der Waals surface area (Å²) in [5, 5.41) is 14.1. The van der Waals surface area contributed by atoms with E-state index in [0.717, 1.165) is 19.4 Å². The highest BCUT2D eigenvalue weighted by atomic mass is 16.6. The number of nitrogens with zero attached hydrogens (tertiary/aromatic N) is 1. The van der Waals surface area contributed by atoms with Crippen molar-refractivity contribution in [3.8, 4) is 0 Å². The molecule has 1 aromatic carbocycles. The maximum absolute atomic E-state index is 12.1. The van der Waals surface area contributed by atoms with Crippen LogP contribution in [0.25, 0.3) is 0 Å². The highest BCUT2D eigenvalue weighted by Gasteiger charge is 2.25. The molecule has 0 radical (unpaired) electrons. The molecule has 1 unspecified atom stereocenters. The number of aryl methyl sites for hydroxylation is 1. The Morgan fingerprint density at radius 3 is 2.89 bits per heavy atom. The van der Waals surface area contributed by atoms with Crippen molar-refractivity contribution in [2.45, 2.75) is 32.2 Å². The third-order valence-electron chi connectivity index (χ3n) is 3.32. The molecule has 5 nitrogen and oxygen atoms in total. The number of hydrogen-bond acceptors (Lipinski definition) is 4. The van der Waals surface area contributed by atoms with Crippen LogP contribution in [0.3, 0.4) is 0 Å². The molecule has 0 spiro atoms. The molecule has 1 saturated heterocycles. The van der Waals surface area contributed by atoms with Crippen molar-refractivity contribution in [2.24, 2.45) is 0 Å². The van der Waals surface area contributed by atoms with Gasteiger partial charge in [0.05, 0.1) is 11.0 Å². The van der Waals surface area contributed by atoms with Gasteiger partial charge in [-0.3, -0.25) is 14.9 Å². The predicted octanol–water partition coefficient (Wildman–Crippen LogP) is 2.09. The predicted molar refractivity (Wildman–Crippen MR) is 67.8 cm³/mol. The van der Waals surface area contributed by atoms with Crippen molar-refractivity contribution in [3.05, 3.63) is 39.4 Å². The van der Waals surface area contributed by atoms with Gasteiger partial charge in [-0.1, -0.05) is 19.1 Å². The van der Waals surface area contributed by atoms with Crippen molar-refractivity contribution in [1.82, 2.24) is 5.32 Å². The van der Waals surface area contributed by atoms with Crippen LogP contribution in [0.15, 0.2) is 18.2 Å². The SMILES string of the molecule is CCc1ccc(C(=O)C2CCCN2)cc1[N+](=O)[O-]. The standard InChI is InChI=1S/C13H16N2O3/c1-2-9-5-6-10(8-12(9)15(17)18)13(16)11-4-3-7-14-11/h5-6,8,11,14H,2-4,7H2,1H3. The summed E-state index contributed by atoms with van der Waals surface area (Å²) in [6.45, 7) is 2.70. The minimum absolute atomic E-state index is 0.0429. The number of nitro groups is 1. The molecular weight excluding hydrogens is 232 g/mol. The highest BCUT2D eigenvalue weighted by Crippen LogP contribution is 2.22. The van der Waals surface area contributed by atoms with Crippen LogP contribution < -0.4 is 5.32 Å². The van der Waals surface area contributed by atoms with Gasteiger partial charge < -0.3 is 5.32 Å². The summed E-state index contributed by atoms with van der Waals surface area (Å²) in [6.07, 6.45) is 2.38. The summed E-state index contributed by atoms with van der Waals surface area (Å²) in [4.78, 5) is 22.7. The number of benzene rings is 1. The van der Waals surface area contributed by atoms with Crippen molar-refractivity contribution < 1.29 is 9.72 Å². The van der Waals surface area contributed by atoms with E-state index in [1.807, 2.05) is 6.92 Å². The summed E-state index contributed by atoms with van der Waals surface area (Å²) in [7, 11) is 0. The van der Waals surface area contributed by atoms with Gasteiger partial charge in [0.15, 0.2) is 5.78 Å². The third kappa shape index (κ3) is 2.41. The van der Waals surface area contributed by atoms with E-state index in [-0.39, 0.29) is 17.5 Å². The molecule has 1 fully saturated rings. The van der Waals surface area contributed by atoms with Crippen molar-refractivity contribution >= 4 is 11.5 Å². The van der Waals surface area contributed by atoms with Crippen LogP contribution in [0.5, 0.6) is 0 Å². The fraction of sp³-hybridized carbons (Fsp3) is 0.462. The van der Waals surface area contributed by atoms with E-state index in [0.29, 0.717) is 17.5 Å². The first-order valence-electron chi connectivity index (χ1n) is 6.18. The second-order valence-corrected chi connectivity index (χ2v) is 4.47. The molecule has 1 aliphatic rings. The molecule has 1 heterocycles. The van der Waals surface area contributed by atoms with Crippen LogP contribution in [-0.4, -0.2) is 23.3 Å². The number of Topliss-reactive ketones (excluding diaryl/α,β-unsaturated/α-hetero) is 1. The van der Waals surface area contributed by atoms with E-state index in [1.165, 1.54) is 6.07 Å². The molecule has 1 aromatic rings. The molecule has 18 heavy (non-hydrogen) atoms. The quantitative estimate of drug-likeness (QED) is 0.503.